The average molecular weight is 500 g/mol. The molecule has 0 unspecified atom stereocenters. The van der Waals surface area contributed by atoms with Crippen LogP contribution in [0.2, 0.25) is 0 Å². The molecule has 0 saturated heterocycles. The second kappa shape index (κ2) is 11.4. The van der Waals surface area contributed by atoms with Gasteiger partial charge >= 0.3 is 0 Å². The molecule has 0 radical (unpaired) electrons. The van der Waals surface area contributed by atoms with Gasteiger partial charge in [0.05, 0.1) is 6.26 Å². The molecule has 8 heteroatoms. The van der Waals surface area contributed by atoms with E-state index in [9.17, 15) is 0 Å². The lowest BCUT2D eigenvalue weighted by molar-refractivity contribution is 0.250. The predicted molar refractivity (Wildman–Crippen MR) is 123 cm³/mol. The maximum absolute atomic E-state index is 5.33. The van der Waals surface area contributed by atoms with Gasteiger partial charge in [0, 0.05) is 33.1 Å². The number of nitrogens with one attached hydrogen (secondary N) is 2. The summed E-state index contributed by atoms with van der Waals surface area (Å²) in [6.45, 7) is 7.09. The van der Waals surface area contributed by atoms with Crippen molar-refractivity contribution in [3.63, 3.8) is 0 Å². The molecule has 1 saturated carbocycles. The number of hydrogen-bond acceptors (Lipinski definition) is 4. The first-order valence-electron chi connectivity index (χ1n) is 10.1. The number of aromatic amines is 1. The van der Waals surface area contributed by atoms with Crippen LogP contribution in [0.15, 0.2) is 27.8 Å². The normalized spacial score (nSPS) is 19.9. The van der Waals surface area contributed by atoms with Crippen LogP contribution in [-0.4, -0.2) is 52.7 Å². The molecule has 0 aliphatic heterocycles. The Balaban J connectivity index is 0.00000280. The monoisotopic (exact) mass is 500 g/mol. The van der Waals surface area contributed by atoms with E-state index < -0.39 is 0 Å². The van der Waals surface area contributed by atoms with E-state index in [-0.39, 0.29) is 24.0 Å². The number of rotatable bonds is 7. The molecule has 2 aromatic heterocycles. The third-order valence-electron chi connectivity index (χ3n) is 5.25. The summed E-state index contributed by atoms with van der Waals surface area (Å²) in [5.74, 6) is 4.74. The van der Waals surface area contributed by atoms with Gasteiger partial charge in [0.1, 0.15) is 5.82 Å². The molecule has 1 aliphatic carbocycles. The van der Waals surface area contributed by atoms with Crippen molar-refractivity contribution < 1.29 is 4.42 Å². The molecular weight excluding hydrogens is 467 g/mol. The van der Waals surface area contributed by atoms with Gasteiger partial charge in [-0.3, -0.25) is 10.1 Å². The molecular formula is C20H33IN6O. The Morgan fingerprint density at radius 1 is 1.36 bits per heavy atom. The van der Waals surface area contributed by atoms with Crippen molar-refractivity contribution in [1.82, 2.24) is 25.4 Å². The van der Waals surface area contributed by atoms with Crippen LogP contribution in [0.25, 0.3) is 11.6 Å². The number of halogens is 1. The molecule has 1 fully saturated rings. The Morgan fingerprint density at radius 2 is 2.14 bits per heavy atom. The Bertz CT molecular complexity index is 706. The predicted octanol–water partition coefficient (Wildman–Crippen LogP) is 3.95. The SMILES string of the molecule is CCNC(=NCCc1nc(-c2ccco2)n[nH]1)N(C)CC1CCC(C)CC1.I. The van der Waals surface area contributed by atoms with E-state index in [1.807, 2.05) is 12.1 Å². The van der Waals surface area contributed by atoms with Crippen LogP contribution in [-0.2, 0) is 6.42 Å². The van der Waals surface area contributed by atoms with Crippen LogP contribution in [0.1, 0.15) is 45.4 Å². The molecule has 0 atom stereocenters. The molecule has 0 amide bonds. The molecule has 1 aliphatic rings. The molecule has 2 N–H and O–H groups in total. The lowest BCUT2D eigenvalue weighted by Gasteiger charge is -2.31. The molecule has 0 spiro atoms. The van der Waals surface area contributed by atoms with E-state index in [0.717, 1.165) is 43.1 Å². The highest BCUT2D eigenvalue weighted by Crippen LogP contribution is 2.28. The number of furan rings is 1. The van der Waals surface area contributed by atoms with Gasteiger partial charge in [0.2, 0.25) is 5.82 Å². The first-order valence-corrected chi connectivity index (χ1v) is 10.1. The molecule has 2 heterocycles. The smallest absolute Gasteiger partial charge is 0.216 e. The minimum absolute atomic E-state index is 0. The molecule has 0 bridgehead atoms. The zero-order valence-corrected chi connectivity index (χ0v) is 19.5. The topological polar surface area (TPSA) is 82.3 Å². The Morgan fingerprint density at radius 3 is 2.82 bits per heavy atom. The Kier molecular flexibility index (Phi) is 9.27. The minimum atomic E-state index is 0. The molecule has 156 valence electrons. The van der Waals surface area contributed by atoms with Gasteiger partial charge in [0.15, 0.2) is 11.7 Å². The quantitative estimate of drug-likeness (QED) is 0.342. The highest BCUT2D eigenvalue weighted by molar-refractivity contribution is 14.0. The molecule has 0 aromatic carbocycles. The Hall–Kier alpha value is -1.58. The van der Waals surface area contributed by atoms with Gasteiger partial charge in [-0.05, 0) is 43.7 Å². The second-order valence-electron chi connectivity index (χ2n) is 7.58. The molecule has 3 rings (SSSR count). The van der Waals surface area contributed by atoms with Crippen molar-refractivity contribution in [1.29, 1.82) is 0 Å². The van der Waals surface area contributed by atoms with Crippen LogP contribution in [0.4, 0.5) is 0 Å². The van der Waals surface area contributed by atoms with Gasteiger partial charge in [-0.25, -0.2) is 4.98 Å². The Labute approximate surface area is 184 Å². The lowest BCUT2D eigenvalue weighted by Crippen LogP contribution is -2.42. The summed E-state index contributed by atoms with van der Waals surface area (Å²) in [5.41, 5.74) is 0. The van der Waals surface area contributed by atoms with Crippen molar-refractivity contribution in [2.75, 3.05) is 26.7 Å². The van der Waals surface area contributed by atoms with Crippen LogP contribution >= 0.6 is 24.0 Å². The maximum atomic E-state index is 5.33. The van der Waals surface area contributed by atoms with Crippen molar-refractivity contribution in [3.05, 3.63) is 24.2 Å². The number of guanidine groups is 1. The van der Waals surface area contributed by atoms with E-state index in [0.29, 0.717) is 18.1 Å². The number of H-pyrrole nitrogens is 1. The molecule has 28 heavy (non-hydrogen) atoms. The van der Waals surface area contributed by atoms with E-state index in [1.54, 1.807) is 6.26 Å². The van der Waals surface area contributed by atoms with Gasteiger partial charge in [-0.1, -0.05) is 19.8 Å². The third kappa shape index (κ3) is 6.49. The molecule has 2 aromatic rings. The highest BCUT2D eigenvalue weighted by Gasteiger charge is 2.20. The summed E-state index contributed by atoms with van der Waals surface area (Å²) in [5, 5.41) is 10.6. The fraction of sp³-hybridized carbons (Fsp3) is 0.650. The van der Waals surface area contributed by atoms with Gasteiger partial charge in [-0.15, -0.1) is 24.0 Å². The summed E-state index contributed by atoms with van der Waals surface area (Å²) < 4.78 is 5.33. The zero-order chi connectivity index (χ0) is 19.1. The first-order chi connectivity index (χ1) is 13.2. The minimum Gasteiger partial charge on any atom is -0.461 e. The summed E-state index contributed by atoms with van der Waals surface area (Å²) >= 11 is 0. The molecule has 7 nitrogen and oxygen atoms in total. The standard InChI is InChI=1S/C20H32N6O.HI/c1-4-21-20(26(3)14-16-9-7-15(2)8-10-16)22-12-11-18-23-19(25-24-18)17-6-5-13-27-17;/h5-6,13,15-16H,4,7-12,14H2,1-3H3,(H,21,22)(H,23,24,25);1H. The van der Waals surface area contributed by atoms with Crippen molar-refractivity contribution in [2.45, 2.75) is 46.0 Å². The fourth-order valence-electron chi connectivity index (χ4n) is 3.65. The largest absolute Gasteiger partial charge is 0.461 e. The van der Waals surface area contributed by atoms with Gasteiger partial charge in [0.25, 0.3) is 0 Å². The van der Waals surface area contributed by atoms with Crippen LogP contribution in [0.5, 0.6) is 0 Å². The highest BCUT2D eigenvalue weighted by atomic mass is 127. The van der Waals surface area contributed by atoms with Crippen molar-refractivity contribution >= 4 is 29.9 Å². The van der Waals surface area contributed by atoms with Crippen molar-refractivity contribution in [3.8, 4) is 11.6 Å². The maximum Gasteiger partial charge on any atom is 0.216 e. The lowest BCUT2D eigenvalue weighted by atomic mass is 9.83. The first kappa shape index (κ1) is 22.7. The van der Waals surface area contributed by atoms with E-state index in [1.165, 1.54) is 25.7 Å². The van der Waals surface area contributed by atoms with Crippen LogP contribution < -0.4 is 5.32 Å². The van der Waals surface area contributed by atoms with Crippen molar-refractivity contribution in [2.24, 2.45) is 16.8 Å². The van der Waals surface area contributed by atoms with Gasteiger partial charge in [-0.2, -0.15) is 5.10 Å². The summed E-state index contributed by atoms with van der Waals surface area (Å²) in [6.07, 6.45) is 7.72. The van der Waals surface area contributed by atoms with Gasteiger partial charge < -0.3 is 14.6 Å². The summed E-state index contributed by atoms with van der Waals surface area (Å²) in [4.78, 5) is 11.5. The summed E-state index contributed by atoms with van der Waals surface area (Å²) in [6, 6.07) is 3.69. The van der Waals surface area contributed by atoms with E-state index in [2.05, 4.69) is 46.3 Å². The zero-order valence-electron chi connectivity index (χ0n) is 17.1. The average Bonchev–Trinajstić information content (AvgIpc) is 3.34. The van der Waals surface area contributed by atoms with Crippen LogP contribution in [0.3, 0.4) is 0 Å². The second-order valence-corrected chi connectivity index (χ2v) is 7.58. The van der Waals surface area contributed by atoms with Crippen LogP contribution in [0, 0.1) is 11.8 Å². The number of aliphatic imine (C=N–C) groups is 1. The fourth-order valence-corrected chi connectivity index (χ4v) is 3.65. The van der Waals surface area contributed by atoms with E-state index in [4.69, 9.17) is 9.41 Å². The number of aromatic nitrogens is 3. The summed E-state index contributed by atoms with van der Waals surface area (Å²) in [7, 11) is 2.14. The number of nitrogens with zero attached hydrogens (tertiary/aromatic N) is 4. The third-order valence-corrected chi connectivity index (χ3v) is 5.25. The van der Waals surface area contributed by atoms with E-state index >= 15 is 0 Å². The number of hydrogen-bond donors (Lipinski definition) is 2.